The fourth-order valence-corrected chi connectivity index (χ4v) is 1.69. The molecule has 1 rings (SSSR count). The molecule has 1 aromatic rings. The van der Waals surface area contributed by atoms with E-state index in [1.807, 2.05) is 0 Å². The Morgan fingerprint density at radius 3 is 2.63 bits per heavy atom. The Hall–Kier alpha value is -1.46. The average Bonchev–Trinajstić information content (AvgIpc) is 2.32. The van der Waals surface area contributed by atoms with E-state index >= 15 is 0 Å². The molecule has 19 heavy (non-hydrogen) atoms. The van der Waals surface area contributed by atoms with Gasteiger partial charge in [-0.3, -0.25) is 10.1 Å². The van der Waals surface area contributed by atoms with E-state index in [0.717, 1.165) is 0 Å². The lowest BCUT2D eigenvalue weighted by Gasteiger charge is -2.15. The second kappa shape index (κ2) is 7.21. The summed E-state index contributed by atoms with van der Waals surface area (Å²) in [5.74, 6) is -0.235. The minimum atomic E-state index is -0.860. The molecule has 0 radical (unpaired) electrons. The van der Waals surface area contributed by atoms with E-state index in [9.17, 15) is 9.59 Å². The van der Waals surface area contributed by atoms with Gasteiger partial charge in [0.1, 0.15) is 5.75 Å². The van der Waals surface area contributed by atoms with Gasteiger partial charge in [-0.25, -0.2) is 4.79 Å². The summed E-state index contributed by atoms with van der Waals surface area (Å²) < 4.78 is 5.36. The Morgan fingerprint density at radius 1 is 1.37 bits per heavy atom. The van der Waals surface area contributed by atoms with E-state index in [4.69, 9.17) is 27.9 Å². The lowest BCUT2D eigenvalue weighted by atomic mass is 10.3. The van der Waals surface area contributed by atoms with E-state index in [-0.39, 0.29) is 0 Å². The fourth-order valence-electron chi connectivity index (χ4n) is 1.23. The fraction of sp³-hybridized carbons (Fsp3) is 0.333. The molecule has 0 fully saturated rings. The summed E-state index contributed by atoms with van der Waals surface area (Å²) in [6.07, 6.45) is -0.860. The highest BCUT2D eigenvalue weighted by Gasteiger charge is 2.18. The summed E-state index contributed by atoms with van der Waals surface area (Å²) in [6, 6.07) is 4.09. The first-order valence-corrected chi connectivity index (χ1v) is 6.40. The predicted molar refractivity (Wildman–Crippen MR) is 73.8 cm³/mol. The van der Waals surface area contributed by atoms with Crippen LogP contribution in [0.3, 0.4) is 0 Å². The van der Waals surface area contributed by atoms with E-state index in [1.165, 1.54) is 13.0 Å². The normalized spacial score (nSPS) is 11.6. The molecule has 0 bridgehead atoms. The molecule has 1 atom stereocenters. The molecule has 0 aliphatic carbocycles. The molecule has 0 spiro atoms. The number of imide groups is 1. The summed E-state index contributed by atoms with van der Waals surface area (Å²) in [5, 5.41) is 5.36. The Balaban J connectivity index is 2.61. The molecular formula is C12H14Cl2N2O3. The molecule has 3 amide bonds. The van der Waals surface area contributed by atoms with Crippen LogP contribution < -0.4 is 15.4 Å². The highest BCUT2D eigenvalue weighted by atomic mass is 35.5. The topological polar surface area (TPSA) is 67.4 Å². The number of carbonyl (C=O) groups excluding carboxylic acids is 2. The van der Waals surface area contributed by atoms with Gasteiger partial charge in [0.05, 0.1) is 5.02 Å². The minimum Gasteiger partial charge on any atom is -0.479 e. The number of nitrogens with one attached hydrogen (secondary N) is 2. The van der Waals surface area contributed by atoms with Gasteiger partial charge in [-0.05, 0) is 32.0 Å². The van der Waals surface area contributed by atoms with Crippen molar-refractivity contribution >= 4 is 35.1 Å². The molecule has 0 unspecified atom stereocenters. The maximum atomic E-state index is 11.6. The number of benzene rings is 1. The number of hydrogen-bond acceptors (Lipinski definition) is 3. The van der Waals surface area contributed by atoms with Gasteiger partial charge in [-0.15, -0.1) is 0 Å². The first kappa shape index (κ1) is 15.6. The number of rotatable bonds is 4. The van der Waals surface area contributed by atoms with Crippen molar-refractivity contribution in [2.75, 3.05) is 6.54 Å². The van der Waals surface area contributed by atoms with Crippen LogP contribution in [-0.4, -0.2) is 24.6 Å². The molecule has 2 N–H and O–H groups in total. The zero-order valence-corrected chi connectivity index (χ0v) is 12.0. The molecule has 1 aromatic carbocycles. The molecule has 0 saturated heterocycles. The maximum absolute atomic E-state index is 11.6. The minimum absolute atomic E-state index is 0.296. The summed E-state index contributed by atoms with van der Waals surface area (Å²) in [6.45, 7) is 3.69. The van der Waals surface area contributed by atoms with Crippen LogP contribution in [0.2, 0.25) is 10.0 Å². The van der Waals surface area contributed by atoms with Gasteiger partial charge in [0.15, 0.2) is 6.10 Å². The smallest absolute Gasteiger partial charge is 0.321 e. The van der Waals surface area contributed by atoms with Gasteiger partial charge >= 0.3 is 6.03 Å². The van der Waals surface area contributed by atoms with Gasteiger partial charge in [0.2, 0.25) is 0 Å². The van der Waals surface area contributed by atoms with Crippen LogP contribution in [0.25, 0.3) is 0 Å². The van der Waals surface area contributed by atoms with Crippen LogP contribution in [-0.2, 0) is 4.79 Å². The van der Waals surface area contributed by atoms with Crippen molar-refractivity contribution in [2.45, 2.75) is 20.0 Å². The van der Waals surface area contributed by atoms with Crippen LogP contribution in [0.5, 0.6) is 5.75 Å². The van der Waals surface area contributed by atoms with E-state index in [2.05, 4.69) is 10.6 Å². The number of hydrogen-bond donors (Lipinski definition) is 2. The zero-order valence-electron chi connectivity index (χ0n) is 10.5. The standard InChI is InChI=1S/C12H14Cl2N2O3/c1-3-15-12(18)16-11(17)7(2)19-10-5-4-8(13)6-9(10)14/h4-7H,3H2,1-2H3,(H2,15,16,17,18)/t7-/m0/s1. The van der Waals surface area contributed by atoms with Crippen molar-refractivity contribution in [3.05, 3.63) is 28.2 Å². The quantitative estimate of drug-likeness (QED) is 0.898. The average molecular weight is 305 g/mol. The van der Waals surface area contributed by atoms with E-state index < -0.39 is 18.0 Å². The third-order valence-corrected chi connectivity index (χ3v) is 2.67. The number of ether oxygens (including phenoxy) is 1. The third-order valence-electron chi connectivity index (χ3n) is 2.14. The molecule has 7 heteroatoms. The van der Waals surface area contributed by atoms with Gasteiger partial charge in [-0.2, -0.15) is 0 Å². The van der Waals surface area contributed by atoms with Crippen molar-refractivity contribution in [1.29, 1.82) is 0 Å². The molecular weight excluding hydrogens is 291 g/mol. The highest BCUT2D eigenvalue weighted by Crippen LogP contribution is 2.28. The Kier molecular flexibility index (Phi) is 5.92. The Morgan fingerprint density at radius 2 is 2.05 bits per heavy atom. The van der Waals surface area contributed by atoms with Crippen LogP contribution in [0.4, 0.5) is 4.79 Å². The zero-order chi connectivity index (χ0) is 14.4. The van der Waals surface area contributed by atoms with Crippen LogP contribution in [0, 0.1) is 0 Å². The maximum Gasteiger partial charge on any atom is 0.321 e. The van der Waals surface area contributed by atoms with Gasteiger partial charge in [0.25, 0.3) is 5.91 Å². The molecule has 0 aromatic heterocycles. The summed E-state index contributed by atoms with van der Waals surface area (Å²) in [5.41, 5.74) is 0. The van der Waals surface area contributed by atoms with Crippen LogP contribution in [0.1, 0.15) is 13.8 Å². The summed E-state index contributed by atoms with van der Waals surface area (Å²) in [4.78, 5) is 22.8. The SMILES string of the molecule is CCNC(=O)NC(=O)[C@H](C)Oc1ccc(Cl)cc1Cl. The third kappa shape index (κ3) is 4.96. The highest BCUT2D eigenvalue weighted by molar-refractivity contribution is 6.35. The molecule has 5 nitrogen and oxygen atoms in total. The summed E-state index contributed by atoms with van der Waals surface area (Å²) >= 11 is 11.7. The van der Waals surface area contributed by atoms with Gasteiger partial charge in [-0.1, -0.05) is 23.2 Å². The van der Waals surface area contributed by atoms with Gasteiger partial charge < -0.3 is 10.1 Å². The second-order valence-corrected chi connectivity index (χ2v) is 4.53. The number of urea groups is 1. The molecule has 0 heterocycles. The molecule has 0 aliphatic heterocycles. The van der Waals surface area contributed by atoms with E-state index in [0.29, 0.717) is 22.3 Å². The molecule has 0 saturated carbocycles. The lowest BCUT2D eigenvalue weighted by Crippen LogP contribution is -2.45. The molecule has 104 valence electrons. The van der Waals surface area contributed by atoms with Crippen LogP contribution in [0.15, 0.2) is 18.2 Å². The monoisotopic (exact) mass is 304 g/mol. The van der Waals surface area contributed by atoms with Crippen molar-refractivity contribution in [3.63, 3.8) is 0 Å². The molecule has 0 aliphatic rings. The number of carbonyl (C=O) groups is 2. The number of halogens is 2. The first-order valence-electron chi connectivity index (χ1n) is 5.64. The predicted octanol–water partition coefficient (Wildman–Crippen LogP) is 2.61. The lowest BCUT2D eigenvalue weighted by molar-refractivity contribution is -0.126. The largest absolute Gasteiger partial charge is 0.479 e. The van der Waals surface area contributed by atoms with Crippen molar-refractivity contribution in [3.8, 4) is 5.75 Å². The van der Waals surface area contributed by atoms with Crippen molar-refractivity contribution in [2.24, 2.45) is 0 Å². The second-order valence-electron chi connectivity index (χ2n) is 3.68. The number of amides is 3. The van der Waals surface area contributed by atoms with E-state index in [1.54, 1.807) is 19.1 Å². The van der Waals surface area contributed by atoms with Crippen molar-refractivity contribution in [1.82, 2.24) is 10.6 Å². The van der Waals surface area contributed by atoms with Gasteiger partial charge in [0, 0.05) is 11.6 Å². The van der Waals surface area contributed by atoms with Crippen molar-refractivity contribution < 1.29 is 14.3 Å². The summed E-state index contributed by atoms with van der Waals surface area (Å²) in [7, 11) is 0. The Labute approximate surface area is 121 Å². The first-order chi connectivity index (χ1) is 8.93. The van der Waals surface area contributed by atoms with Crippen LogP contribution >= 0.6 is 23.2 Å². The Bertz CT molecular complexity index is 480.